The molecule has 0 bridgehead atoms. The molecule has 1 aliphatic heterocycles. The fourth-order valence-electron chi connectivity index (χ4n) is 3.73. The number of halogens is 1. The number of nitrogens with zero attached hydrogens (tertiary/aromatic N) is 3. The van der Waals surface area contributed by atoms with Crippen molar-refractivity contribution in [3.8, 4) is 0 Å². The molecule has 28 heavy (non-hydrogen) atoms. The third-order valence-electron chi connectivity index (χ3n) is 5.21. The molecule has 1 amide bonds. The third-order valence-corrected chi connectivity index (χ3v) is 5.21. The van der Waals surface area contributed by atoms with Gasteiger partial charge in [-0.25, -0.2) is 4.39 Å². The van der Waals surface area contributed by atoms with E-state index in [-0.39, 0.29) is 11.7 Å². The number of carbonyl (C=O) groups excluding carboxylic acids is 1. The molecule has 4 rings (SSSR count). The average molecular weight is 375 g/mol. The molecule has 1 aromatic carbocycles. The zero-order valence-corrected chi connectivity index (χ0v) is 15.6. The molecule has 0 radical (unpaired) electrons. The van der Waals surface area contributed by atoms with Gasteiger partial charge in [-0.3, -0.25) is 14.8 Å². The molecule has 0 unspecified atom stereocenters. The summed E-state index contributed by atoms with van der Waals surface area (Å²) in [5.74, 6) is 0.157. The first-order valence-electron chi connectivity index (χ1n) is 9.58. The van der Waals surface area contributed by atoms with E-state index in [0.717, 1.165) is 29.8 Å². The highest BCUT2D eigenvalue weighted by atomic mass is 19.1. The first-order valence-corrected chi connectivity index (χ1v) is 9.58. The van der Waals surface area contributed by atoms with Gasteiger partial charge in [-0.2, -0.15) is 0 Å². The molecule has 3 heterocycles. The Morgan fingerprint density at radius 1 is 1.07 bits per heavy atom. The molecule has 0 atom stereocenters. The lowest BCUT2D eigenvalue weighted by molar-refractivity contribution is 0.0711. The third kappa shape index (κ3) is 4.25. The van der Waals surface area contributed by atoms with Crippen molar-refractivity contribution >= 4 is 5.91 Å². The molecule has 3 aromatic rings. The highest BCUT2D eigenvalue weighted by Gasteiger charge is 2.25. The minimum atomic E-state index is -0.223. The van der Waals surface area contributed by atoms with Crippen molar-refractivity contribution in [1.82, 2.24) is 14.9 Å². The minimum absolute atomic E-state index is 0.0411. The van der Waals surface area contributed by atoms with Gasteiger partial charge in [0, 0.05) is 49.2 Å². The largest absolute Gasteiger partial charge is 0.339 e. The van der Waals surface area contributed by atoms with Crippen molar-refractivity contribution in [2.75, 3.05) is 13.1 Å². The van der Waals surface area contributed by atoms with E-state index < -0.39 is 0 Å². The Bertz CT molecular complexity index is 953. The van der Waals surface area contributed by atoms with Crippen molar-refractivity contribution in [3.63, 3.8) is 0 Å². The number of hydrogen-bond acceptors (Lipinski definition) is 3. The number of pyridine rings is 2. The Kier molecular flexibility index (Phi) is 5.42. The summed E-state index contributed by atoms with van der Waals surface area (Å²) in [4.78, 5) is 23.3. The van der Waals surface area contributed by atoms with Crippen molar-refractivity contribution in [3.05, 3.63) is 95.3 Å². The lowest BCUT2D eigenvalue weighted by Crippen LogP contribution is -2.38. The molecule has 0 N–H and O–H groups in total. The summed E-state index contributed by atoms with van der Waals surface area (Å²) < 4.78 is 13.4. The van der Waals surface area contributed by atoms with E-state index in [9.17, 15) is 9.18 Å². The molecule has 142 valence electrons. The summed E-state index contributed by atoms with van der Waals surface area (Å²) in [7, 11) is 0. The van der Waals surface area contributed by atoms with Crippen LogP contribution in [0.5, 0.6) is 0 Å². The molecule has 4 nitrogen and oxygen atoms in total. The van der Waals surface area contributed by atoms with Crippen LogP contribution in [0.15, 0.2) is 67.0 Å². The number of carbonyl (C=O) groups is 1. The average Bonchev–Trinajstić information content (AvgIpc) is 2.74. The van der Waals surface area contributed by atoms with E-state index in [0.29, 0.717) is 31.0 Å². The summed E-state index contributed by atoms with van der Waals surface area (Å²) >= 11 is 0. The second-order valence-corrected chi connectivity index (χ2v) is 7.17. The second-order valence-electron chi connectivity index (χ2n) is 7.17. The van der Waals surface area contributed by atoms with Gasteiger partial charge in [0.2, 0.25) is 0 Å². The van der Waals surface area contributed by atoms with E-state index in [1.807, 2.05) is 23.1 Å². The molecule has 1 saturated heterocycles. The predicted octanol–water partition coefficient (Wildman–Crippen LogP) is 4.23. The van der Waals surface area contributed by atoms with Crippen LogP contribution in [0.1, 0.15) is 46.1 Å². The van der Waals surface area contributed by atoms with Gasteiger partial charge < -0.3 is 4.90 Å². The van der Waals surface area contributed by atoms with E-state index >= 15 is 0 Å². The zero-order chi connectivity index (χ0) is 19.3. The van der Waals surface area contributed by atoms with Crippen molar-refractivity contribution in [2.45, 2.75) is 25.2 Å². The van der Waals surface area contributed by atoms with Crippen LogP contribution in [0.4, 0.5) is 4.39 Å². The van der Waals surface area contributed by atoms with E-state index in [4.69, 9.17) is 4.98 Å². The fraction of sp³-hybridized carbons (Fsp3) is 0.261. The van der Waals surface area contributed by atoms with Gasteiger partial charge in [-0.1, -0.05) is 18.2 Å². The minimum Gasteiger partial charge on any atom is -0.339 e. The summed E-state index contributed by atoms with van der Waals surface area (Å²) in [5, 5.41) is 0. The van der Waals surface area contributed by atoms with E-state index in [2.05, 4.69) is 11.1 Å². The molecule has 5 heteroatoms. The Morgan fingerprint density at radius 3 is 2.64 bits per heavy atom. The van der Waals surface area contributed by atoms with Crippen molar-refractivity contribution in [1.29, 1.82) is 0 Å². The van der Waals surface area contributed by atoms with Gasteiger partial charge in [-0.15, -0.1) is 0 Å². The molecule has 1 fully saturated rings. The molecule has 0 spiro atoms. The van der Waals surface area contributed by atoms with Crippen LogP contribution in [0.2, 0.25) is 0 Å². The highest BCUT2D eigenvalue weighted by Crippen LogP contribution is 2.28. The van der Waals surface area contributed by atoms with Crippen LogP contribution < -0.4 is 0 Å². The molecular formula is C23H22FN3O. The van der Waals surface area contributed by atoms with Gasteiger partial charge in [0.25, 0.3) is 5.91 Å². The smallest absolute Gasteiger partial charge is 0.255 e. The second kappa shape index (κ2) is 8.30. The fourth-order valence-corrected chi connectivity index (χ4v) is 3.73. The van der Waals surface area contributed by atoms with Crippen LogP contribution in [-0.2, 0) is 6.42 Å². The standard InChI is InChI=1S/C23H22FN3O/c24-20-6-1-4-17(14-20)15-21-7-2-8-22(26-21)18-9-12-27(13-10-18)23(28)19-5-3-11-25-16-19/h1-8,11,14,16,18H,9-10,12-13,15H2. The predicted molar refractivity (Wildman–Crippen MR) is 106 cm³/mol. The molecule has 0 saturated carbocycles. The normalized spacial score (nSPS) is 14.8. The van der Waals surface area contributed by atoms with E-state index in [1.165, 1.54) is 6.07 Å². The van der Waals surface area contributed by atoms with Gasteiger partial charge in [-0.05, 0) is 54.8 Å². The van der Waals surface area contributed by atoms with Gasteiger partial charge in [0.05, 0.1) is 5.56 Å². The van der Waals surface area contributed by atoms with E-state index in [1.54, 1.807) is 36.7 Å². The number of amides is 1. The monoisotopic (exact) mass is 375 g/mol. The van der Waals surface area contributed by atoms with Gasteiger partial charge in [0.15, 0.2) is 0 Å². The Morgan fingerprint density at radius 2 is 1.89 bits per heavy atom. The number of aromatic nitrogens is 2. The topological polar surface area (TPSA) is 46.1 Å². The first kappa shape index (κ1) is 18.3. The van der Waals surface area contributed by atoms with Crippen LogP contribution in [0, 0.1) is 5.82 Å². The van der Waals surface area contributed by atoms with Gasteiger partial charge in [0.1, 0.15) is 5.82 Å². The summed E-state index contributed by atoms with van der Waals surface area (Å²) in [6.07, 6.45) is 5.69. The van der Waals surface area contributed by atoms with Gasteiger partial charge >= 0.3 is 0 Å². The SMILES string of the molecule is O=C(c1cccnc1)N1CCC(c2cccc(Cc3cccc(F)c3)n2)CC1. The Balaban J connectivity index is 1.40. The molecule has 0 aliphatic carbocycles. The number of piperidine rings is 1. The van der Waals surface area contributed by atoms with Crippen LogP contribution in [0.3, 0.4) is 0 Å². The highest BCUT2D eigenvalue weighted by molar-refractivity contribution is 5.93. The lowest BCUT2D eigenvalue weighted by atomic mass is 9.92. The maximum absolute atomic E-state index is 13.4. The number of hydrogen-bond donors (Lipinski definition) is 0. The summed E-state index contributed by atoms with van der Waals surface area (Å²) in [6, 6.07) is 16.3. The molecule has 1 aliphatic rings. The van der Waals surface area contributed by atoms with Crippen molar-refractivity contribution < 1.29 is 9.18 Å². The first-order chi connectivity index (χ1) is 13.7. The van der Waals surface area contributed by atoms with Crippen LogP contribution in [0.25, 0.3) is 0 Å². The maximum Gasteiger partial charge on any atom is 0.255 e. The molecule has 2 aromatic heterocycles. The summed E-state index contributed by atoms with van der Waals surface area (Å²) in [6.45, 7) is 1.43. The maximum atomic E-state index is 13.4. The quantitative estimate of drug-likeness (QED) is 0.686. The van der Waals surface area contributed by atoms with Crippen LogP contribution >= 0.6 is 0 Å². The number of benzene rings is 1. The number of rotatable bonds is 4. The van der Waals surface area contributed by atoms with Crippen molar-refractivity contribution in [2.24, 2.45) is 0 Å². The number of likely N-dealkylation sites (tertiary alicyclic amines) is 1. The molecular weight excluding hydrogens is 353 g/mol. The Labute approximate surface area is 164 Å². The Hall–Kier alpha value is -3.08. The summed E-state index contributed by atoms with van der Waals surface area (Å²) in [5.41, 5.74) is 3.55. The zero-order valence-electron chi connectivity index (χ0n) is 15.6. The lowest BCUT2D eigenvalue weighted by Gasteiger charge is -2.32. The van der Waals surface area contributed by atoms with Crippen LogP contribution in [-0.4, -0.2) is 33.9 Å².